The summed E-state index contributed by atoms with van der Waals surface area (Å²) in [5.74, 6) is 0.870. The predicted molar refractivity (Wildman–Crippen MR) is 58.5 cm³/mol. The molecule has 0 bridgehead atoms. The molecule has 0 saturated heterocycles. The van der Waals surface area contributed by atoms with E-state index in [0.29, 0.717) is 4.83 Å². The molecule has 0 aliphatic heterocycles. The maximum absolute atomic E-state index is 3.80. The number of hydrogen-bond donors (Lipinski definition) is 0. The van der Waals surface area contributed by atoms with Gasteiger partial charge in [-0.15, -0.1) is 0 Å². The topological polar surface area (TPSA) is 0 Å². The third-order valence-corrected chi connectivity index (χ3v) is 4.40. The van der Waals surface area contributed by atoms with Gasteiger partial charge in [0.15, 0.2) is 0 Å². The van der Waals surface area contributed by atoms with Crippen LogP contribution in [0.2, 0.25) is 0 Å². The van der Waals surface area contributed by atoms with Gasteiger partial charge in [-0.05, 0) is 54.4 Å². The Morgan fingerprint density at radius 3 is 3.00 bits per heavy atom. The second-order valence-corrected chi connectivity index (χ2v) is 5.41. The molecule has 2 atom stereocenters. The molecule has 0 amide bonds. The Labute approximate surface area is 87.5 Å². The molecule has 2 aliphatic carbocycles. The van der Waals surface area contributed by atoms with Crippen LogP contribution in [0.15, 0.2) is 12.1 Å². The molecule has 3 rings (SSSR count). The number of rotatable bonds is 0. The zero-order valence-electron chi connectivity index (χ0n) is 7.81. The first kappa shape index (κ1) is 8.05. The highest BCUT2D eigenvalue weighted by Gasteiger charge is 2.35. The van der Waals surface area contributed by atoms with Crippen molar-refractivity contribution >= 4 is 15.9 Å². The summed E-state index contributed by atoms with van der Waals surface area (Å²) in [4.78, 5) is 0.632. The van der Waals surface area contributed by atoms with Gasteiger partial charge in [0.25, 0.3) is 0 Å². The first-order valence-corrected chi connectivity index (χ1v) is 5.95. The predicted octanol–water partition coefficient (Wildman–Crippen LogP) is 3.86. The molecule has 0 saturated carbocycles. The van der Waals surface area contributed by atoms with Crippen LogP contribution in [-0.2, 0) is 6.42 Å². The van der Waals surface area contributed by atoms with E-state index in [0.717, 1.165) is 5.92 Å². The molecule has 0 spiro atoms. The molecule has 0 aromatic heterocycles. The number of halogens is 1. The van der Waals surface area contributed by atoms with Gasteiger partial charge < -0.3 is 0 Å². The van der Waals surface area contributed by atoms with Crippen LogP contribution in [0.3, 0.4) is 0 Å². The summed E-state index contributed by atoms with van der Waals surface area (Å²) >= 11 is 3.80. The van der Waals surface area contributed by atoms with E-state index in [1.165, 1.54) is 24.8 Å². The lowest BCUT2D eigenvalue weighted by Gasteiger charge is -2.09. The van der Waals surface area contributed by atoms with Crippen molar-refractivity contribution in [3.05, 3.63) is 34.4 Å². The Kier molecular flexibility index (Phi) is 1.61. The first-order chi connectivity index (χ1) is 6.27. The molecule has 0 fully saturated rings. The van der Waals surface area contributed by atoms with Gasteiger partial charge in [0.1, 0.15) is 0 Å². The Morgan fingerprint density at radius 2 is 2.15 bits per heavy atom. The maximum Gasteiger partial charge on any atom is 0.0406 e. The van der Waals surface area contributed by atoms with E-state index >= 15 is 0 Å². The van der Waals surface area contributed by atoms with Gasteiger partial charge in [0.2, 0.25) is 0 Å². The summed E-state index contributed by atoms with van der Waals surface area (Å²) in [6.07, 6.45) is 4.02. The van der Waals surface area contributed by atoms with Crippen LogP contribution in [0.5, 0.6) is 0 Å². The third kappa shape index (κ3) is 0.969. The van der Waals surface area contributed by atoms with Gasteiger partial charge >= 0.3 is 0 Å². The van der Waals surface area contributed by atoms with Crippen molar-refractivity contribution in [1.29, 1.82) is 0 Å². The summed E-state index contributed by atoms with van der Waals surface area (Å²) in [6.45, 7) is 2.24. The lowest BCUT2D eigenvalue weighted by Crippen LogP contribution is -1.91. The van der Waals surface area contributed by atoms with Crippen molar-refractivity contribution in [1.82, 2.24) is 0 Å². The van der Waals surface area contributed by atoms with Crippen LogP contribution < -0.4 is 0 Å². The second-order valence-electron chi connectivity index (χ2n) is 4.31. The second kappa shape index (κ2) is 2.60. The number of benzene rings is 1. The van der Waals surface area contributed by atoms with Crippen LogP contribution >= 0.6 is 15.9 Å². The highest BCUT2D eigenvalue weighted by atomic mass is 79.9. The van der Waals surface area contributed by atoms with Gasteiger partial charge in [-0.25, -0.2) is 0 Å². The minimum Gasteiger partial charge on any atom is -0.0838 e. The summed E-state index contributed by atoms with van der Waals surface area (Å²) in [5, 5.41) is 0. The minimum absolute atomic E-state index is 0.632. The lowest BCUT2D eigenvalue weighted by molar-refractivity contribution is 0.658. The molecular weight excluding hydrogens is 224 g/mol. The zero-order valence-corrected chi connectivity index (χ0v) is 9.39. The van der Waals surface area contributed by atoms with Gasteiger partial charge in [0.05, 0.1) is 0 Å². The molecule has 68 valence electrons. The summed E-state index contributed by atoms with van der Waals surface area (Å²) in [7, 11) is 0. The number of hydrogen-bond acceptors (Lipinski definition) is 0. The highest BCUT2D eigenvalue weighted by molar-refractivity contribution is 9.09. The van der Waals surface area contributed by atoms with E-state index in [-0.39, 0.29) is 0 Å². The van der Waals surface area contributed by atoms with E-state index in [1.807, 2.05) is 0 Å². The Balaban J connectivity index is 2.31. The lowest BCUT2D eigenvalue weighted by atomic mass is 10.00. The van der Waals surface area contributed by atoms with Crippen molar-refractivity contribution in [3.63, 3.8) is 0 Å². The summed E-state index contributed by atoms with van der Waals surface area (Å²) in [6, 6.07) is 4.62. The van der Waals surface area contributed by atoms with E-state index in [2.05, 4.69) is 35.0 Å². The molecule has 13 heavy (non-hydrogen) atoms. The van der Waals surface area contributed by atoms with Crippen molar-refractivity contribution in [2.24, 2.45) is 0 Å². The van der Waals surface area contributed by atoms with Gasteiger partial charge in [0, 0.05) is 4.83 Å². The number of aryl methyl sites for hydroxylation is 2. The fourth-order valence-electron chi connectivity index (χ4n) is 2.98. The summed E-state index contributed by atoms with van der Waals surface area (Å²) in [5.41, 5.74) is 6.40. The molecule has 0 N–H and O–H groups in total. The molecule has 0 heterocycles. The standard InChI is InChI=1S/C12H13Br/c1-7-2-3-8-4-5-9-6-10(13)11(7)12(8)9/h2-3,9-10H,4-6H2,1H3. The van der Waals surface area contributed by atoms with Crippen LogP contribution in [0, 0.1) is 6.92 Å². The van der Waals surface area contributed by atoms with Gasteiger partial charge in [-0.2, -0.15) is 0 Å². The smallest absolute Gasteiger partial charge is 0.0406 e. The normalized spacial score (nSPS) is 29.4. The molecule has 1 heteroatoms. The molecule has 2 unspecified atom stereocenters. The van der Waals surface area contributed by atoms with Crippen LogP contribution in [0.4, 0.5) is 0 Å². The third-order valence-electron chi connectivity index (χ3n) is 3.57. The quantitative estimate of drug-likeness (QED) is 0.601. The largest absolute Gasteiger partial charge is 0.0838 e. The first-order valence-electron chi connectivity index (χ1n) is 5.03. The van der Waals surface area contributed by atoms with Crippen molar-refractivity contribution in [3.8, 4) is 0 Å². The van der Waals surface area contributed by atoms with Gasteiger partial charge in [-0.3, -0.25) is 0 Å². The van der Waals surface area contributed by atoms with Crippen LogP contribution in [0.25, 0.3) is 0 Å². The molecule has 1 aromatic carbocycles. The van der Waals surface area contributed by atoms with Gasteiger partial charge in [-0.1, -0.05) is 28.1 Å². The average Bonchev–Trinajstić information content (AvgIpc) is 2.61. The molecule has 2 aliphatic rings. The SMILES string of the molecule is Cc1ccc2c3c1C(Br)CC3CC2. The molecule has 1 aromatic rings. The van der Waals surface area contributed by atoms with E-state index in [1.54, 1.807) is 16.7 Å². The fourth-order valence-corrected chi connectivity index (χ4v) is 4.04. The Bertz CT molecular complexity index is 368. The molecular formula is C12H13Br. The van der Waals surface area contributed by atoms with Crippen molar-refractivity contribution in [2.45, 2.75) is 36.9 Å². The summed E-state index contributed by atoms with van der Waals surface area (Å²) < 4.78 is 0. The van der Waals surface area contributed by atoms with Crippen LogP contribution in [0.1, 0.15) is 45.8 Å². The van der Waals surface area contributed by atoms with E-state index < -0.39 is 0 Å². The number of alkyl halides is 1. The zero-order chi connectivity index (χ0) is 9.00. The molecule has 0 radical (unpaired) electrons. The average molecular weight is 237 g/mol. The van der Waals surface area contributed by atoms with Crippen LogP contribution in [-0.4, -0.2) is 0 Å². The van der Waals surface area contributed by atoms with Crippen molar-refractivity contribution in [2.75, 3.05) is 0 Å². The minimum atomic E-state index is 0.632. The van der Waals surface area contributed by atoms with Crippen molar-refractivity contribution < 1.29 is 0 Å². The van der Waals surface area contributed by atoms with E-state index in [9.17, 15) is 0 Å². The Hall–Kier alpha value is -0.300. The monoisotopic (exact) mass is 236 g/mol. The maximum atomic E-state index is 3.80. The fraction of sp³-hybridized carbons (Fsp3) is 0.500. The highest BCUT2D eigenvalue weighted by Crippen LogP contribution is 2.52. The molecule has 0 nitrogen and oxygen atoms in total. The Morgan fingerprint density at radius 1 is 1.31 bits per heavy atom. The van der Waals surface area contributed by atoms with E-state index in [4.69, 9.17) is 0 Å².